The molecule has 1 aromatic heterocycles. The van der Waals surface area contributed by atoms with Gasteiger partial charge in [0.15, 0.2) is 0 Å². The first-order valence-corrected chi connectivity index (χ1v) is 6.94. The average Bonchev–Trinajstić information content (AvgIpc) is 3.01. The molecule has 0 fully saturated rings. The molecule has 0 unspecified atom stereocenters. The standard InChI is InChI=1S/C15H8ClF4N3O/c16-15(19,20)14-22-13(23-24-14)8-2-1-3-10(6-8)21-12-5-4-9(17)7-11(12)18/h1-7,21H. The summed E-state index contributed by atoms with van der Waals surface area (Å²) in [7, 11) is 0. The lowest BCUT2D eigenvalue weighted by Gasteiger charge is -2.08. The topological polar surface area (TPSA) is 51.0 Å². The highest BCUT2D eigenvalue weighted by molar-refractivity contribution is 6.21. The van der Waals surface area contributed by atoms with Crippen molar-refractivity contribution in [1.82, 2.24) is 10.1 Å². The molecule has 4 nitrogen and oxygen atoms in total. The Morgan fingerprint density at radius 3 is 2.54 bits per heavy atom. The van der Waals surface area contributed by atoms with E-state index in [1.54, 1.807) is 18.2 Å². The molecular weight excluding hydrogens is 350 g/mol. The van der Waals surface area contributed by atoms with Crippen LogP contribution in [-0.4, -0.2) is 10.1 Å². The lowest BCUT2D eigenvalue weighted by atomic mass is 10.2. The summed E-state index contributed by atoms with van der Waals surface area (Å²) in [5.74, 6) is -2.60. The van der Waals surface area contributed by atoms with Crippen LogP contribution < -0.4 is 5.32 Å². The number of benzene rings is 2. The molecular formula is C15H8ClF4N3O. The van der Waals surface area contributed by atoms with Gasteiger partial charge in [-0.2, -0.15) is 13.8 Å². The van der Waals surface area contributed by atoms with Gasteiger partial charge in [0.1, 0.15) is 11.6 Å². The second-order valence-electron chi connectivity index (χ2n) is 4.75. The van der Waals surface area contributed by atoms with Crippen molar-refractivity contribution < 1.29 is 22.1 Å². The number of nitrogens with zero attached hydrogens (tertiary/aromatic N) is 2. The van der Waals surface area contributed by atoms with Crippen molar-refractivity contribution >= 4 is 23.0 Å². The Labute approximate surface area is 138 Å². The van der Waals surface area contributed by atoms with Crippen LogP contribution in [0.5, 0.6) is 0 Å². The van der Waals surface area contributed by atoms with Crippen molar-refractivity contribution in [3.05, 3.63) is 60.0 Å². The highest BCUT2D eigenvalue weighted by Crippen LogP contribution is 2.32. The summed E-state index contributed by atoms with van der Waals surface area (Å²) in [4.78, 5) is 3.52. The molecule has 0 radical (unpaired) electrons. The molecule has 0 aliphatic heterocycles. The lowest BCUT2D eigenvalue weighted by molar-refractivity contribution is 0.0551. The van der Waals surface area contributed by atoms with Gasteiger partial charge in [0, 0.05) is 17.3 Å². The number of alkyl halides is 3. The number of hydrogen-bond donors (Lipinski definition) is 1. The first-order valence-electron chi connectivity index (χ1n) is 6.56. The van der Waals surface area contributed by atoms with E-state index in [0.29, 0.717) is 11.3 Å². The zero-order valence-electron chi connectivity index (χ0n) is 11.7. The van der Waals surface area contributed by atoms with Gasteiger partial charge in [0.25, 0.3) is 0 Å². The Balaban J connectivity index is 1.88. The molecule has 0 saturated heterocycles. The van der Waals surface area contributed by atoms with Crippen LogP contribution in [0, 0.1) is 11.6 Å². The van der Waals surface area contributed by atoms with Crippen LogP contribution in [0.3, 0.4) is 0 Å². The van der Waals surface area contributed by atoms with E-state index in [0.717, 1.165) is 12.1 Å². The summed E-state index contributed by atoms with van der Waals surface area (Å²) in [6.07, 6.45) is 0. The Bertz CT molecular complexity index is 879. The second kappa shape index (κ2) is 6.12. The van der Waals surface area contributed by atoms with Crippen LogP contribution in [0.4, 0.5) is 28.9 Å². The van der Waals surface area contributed by atoms with Crippen molar-refractivity contribution in [2.45, 2.75) is 5.38 Å². The fraction of sp³-hybridized carbons (Fsp3) is 0.0667. The predicted molar refractivity (Wildman–Crippen MR) is 79.1 cm³/mol. The summed E-state index contributed by atoms with van der Waals surface area (Å²) in [5, 5.41) is 2.41. The molecule has 0 aliphatic rings. The van der Waals surface area contributed by atoms with Gasteiger partial charge in [-0.25, -0.2) is 8.78 Å². The van der Waals surface area contributed by atoms with Gasteiger partial charge in [0.2, 0.25) is 5.82 Å². The maximum atomic E-state index is 13.7. The lowest BCUT2D eigenvalue weighted by Crippen LogP contribution is -2.03. The average molecular weight is 358 g/mol. The van der Waals surface area contributed by atoms with E-state index < -0.39 is 22.9 Å². The van der Waals surface area contributed by atoms with E-state index >= 15 is 0 Å². The molecule has 0 atom stereocenters. The Hall–Kier alpha value is -2.61. The van der Waals surface area contributed by atoms with Crippen molar-refractivity contribution in [2.24, 2.45) is 0 Å². The van der Waals surface area contributed by atoms with Crippen molar-refractivity contribution in [1.29, 1.82) is 0 Å². The van der Waals surface area contributed by atoms with E-state index in [2.05, 4.69) is 20.0 Å². The molecule has 0 aliphatic carbocycles. The van der Waals surface area contributed by atoms with E-state index in [1.165, 1.54) is 12.1 Å². The smallest absolute Gasteiger partial charge is 0.353 e. The highest BCUT2D eigenvalue weighted by Gasteiger charge is 2.35. The van der Waals surface area contributed by atoms with Crippen molar-refractivity contribution in [3.63, 3.8) is 0 Å². The second-order valence-corrected chi connectivity index (χ2v) is 5.23. The van der Waals surface area contributed by atoms with Crippen molar-refractivity contribution in [3.8, 4) is 11.4 Å². The Morgan fingerprint density at radius 2 is 1.88 bits per heavy atom. The third kappa shape index (κ3) is 3.48. The van der Waals surface area contributed by atoms with E-state index in [4.69, 9.17) is 11.6 Å². The van der Waals surface area contributed by atoms with Crippen LogP contribution >= 0.6 is 11.6 Å². The van der Waals surface area contributed by atoms with Crippen LogP contribution in [0.1, 0.15) is 5.89 Å². The Kier molecular flexibility index (Phi) is 4.15. The summed E-state index contributed by atoms with van der Waals surface area (Å²) in [5.41, 5.74) is 0.815. The number of aromatic nitrogens is 2. The van der Waals surface area contributed by atoms with E-state index in [1.807, 2.05) is 0 Å². The van der Waals surface area contributed by atoms with Crippen LogP contribution in [0.25, 0.3) is 11.4 Å². The van der Waals surface area contributed by atoms with Gasteiger partial charge in [0.05, 0.1) is 5.69 Å². The zero-order valence-corrected chi connectivity index (χ0v) is 12.5. The Morgan fingerprint density at radius 1 is 1.08 bits per heavy atom. The number of halogens is 5. The summed E-state index contributed by atoms with van der Waals surface area (Å²) in [6.45, 7) is 0. The fourth-order valence-electron chi connectivity index (χ4n) is 1.94. The fourth-order valence-corrected chi connectivity index (χ4v) is 2.02. The van der Waals surface area contributed by atoms with Gasteiger partial charge in [-0.15, -0.1) is 0 Å². The van der Waals surface area contributed by atoms with Gasteiger partial charge < -0.3 is 9.84 Å². The molecule has 3 rings (SSSR count). The van der Waals surface area contributed by atoms with E-state index in [9.17, 15) is 17.6 Å². The maximum Gasteiger partial charge on any atom is 0.400 e. The summed E-state index contributed by atoms with van der Waals surface area (Å²) < 4.78 is 56.8. The van der Waals surface area contributed by atoms with Crippen molar-refractivity contribution in [2.75, 3.05) is 5.32 Å². The SMILES string of the molecule is Fc1ccc(Nc2cccc(-c3noc(C(F)(F)Cl)n3)c2)c(F)c1. The maximum absolute atomic E-state index is 13.7. The third-order valence-electron chi connectivity index (χ3n) is 3.00. The summed E-state index contributed by atoms with van der Waals surface area (Å²) in [6, 6.07) is 9.29. The molecule has 0 amide bonds. The monoisotopic (exact) mass is 357 g/mol. The van der Waals surface area contributed by atoms with Gasteiger partial charge in [-0.05, 0) is 35.9 Å². The van der Waals surface area contributed by atoms with Crippen LogP contribution in [0.2, 0.25) is 0 Å². The zero-order chi connectivity index (χ0) is 17.3. The minimum Gasteiger partial charge on any atom is -0.353 e. The molecule has 0 bridgehead atoms. The quantitative estimate of drug-likeness (QED) is 0.524. The molecule has 1 heterocycles. The van der Waals surface area contributed by atoms with Crippen LogP contribution in [-0.2, 0) is 5.38 Å². The molecule has 0 spiro atoms. The number of nitrogens with one attached hydrogen (secondary N) is 1. The molecule has 1 N–H and O–H groups in total. The highest BCUT2D eigenvalue weighted by atomic mass is 35.5. The molecule has 0 saturated carbocycles. The normalized spacial score (nSPS) is 11.5. The third-order valence-corrected chi connectivity index (χ3v) is 3.16. The van der Waals surface area contributed by atoms with Crippen LogP contribution in [0.15, 0.2) is 47.0 Å². The van der Waals surface area contributed by atoms with Gasteiger partial charge in [-0.3, -0.25) is 0 Å². The number of rotatable bonds is 4. The summed E-state index contributed by atoms with van der Waals surface area (Å²) >= 11 is 4.81. The van der Waals surface area contributed by atoms with Gasteiger partial charge >= 0.3 is 11.3 Å². The van der Waals surface area contributed by atoms with E-state index in [-0.39, 0.29) is 11.5 Å². The number of hydrogen-bond acceptors (Lipinski definition) is 4. The molecule has 124 valence electrons. The minimum atomic E-state index is -3.77. The molecule has 9 heteroatoms. The predicted octanol–water partition coefficient (Wildman–Crippen LogP) is 5.05. The number of anilines is 2. The first-order chi connectivity index (χ1) is 11.3. The molecule has 24 heavy (non-hydrogen) atoms. The molecule has 3 aromatic rings. The minimum absolute atomic E-state index is 0.0506. The van der Waals surface area contributed by atoms with Gasteiger partial charge in [-0.1, -0.05) is 17.3 Å². The molecule has 2 aromatic carbocycles. The first kappa shape index (κ1) is 16.3. The largest absolute Gasteiger partial charge is 0.400 e.